The Morgan fingerprint density at radius 3 is 2.31 bits per heavy atom. The molecule has 1 fully saturated rings. The first-order valence-corrected chi connectivity index (χ1v) is 12.3. The largest absolute Gasteiger partial charge is 0.478 e. The highest BCUT2D eigenvalue weighted by molar-refractivity contribution is 7.90. The summed E-state index contributed by atoms with van der Waals surface area (Å²) < 4.78 is 31.6. The third kappa shape index (κ3) is 5.08. The predicted molar refractivity (Wildman–Crippen MR) is 120 cm³/mol. The number of sulfone groups is 1. The Morgan fingerprint density at radius 1 is 1.03 bits per heavy atom. The van der Waals surface area contributed by atoms with E-state index in [9.17, 15) is 13.2 Å². The second-order valence-electron chi connectivity index (χ2n) is 8.14. The van der Waals surface area contributed by atoms with Crippen molar-refractivity contribution in [1.82, 2.24) is 9.88 Å². The van der Waals surface area contributed by atoms with E-state index in [1.165, 1.54) is 31.4 Å². The van der Waals surface area contributed by atoms with Crippen LogP contribution in [-0.4, -0.2) is 42.5 Å². The van der Waals surface area contributed by atoms with E-state index in [4.69, 9.17) is 9.52 Å². The van der Waals surface area contributed by atoms with Gasteiger partial charge in [-0.05, 0) is 74.8 Å². The maximum Gasteiger partial charge on any atom is 0.335 e. The van der Waals surface area contributed by atoms with E-state index in [2.05, 4.69) is 9.88 Å². The zero-order chi connectivity index (χ0) is 22.7. The van der Waals surface area contributed by atoms with Gasteiger partial charge in [-0.3, -0.25) is 4.90 Å². The van der Waals surface area contributed by atoms with Crippen molar-refractivity contribution in [2.45, 2.75) is 43.4 Å². The summed E-state index contributed by atoms with van der Waals surface area (Å²) in [6.07, 6.45) is 3.72. The van der Waals surface area contributed by atoms with Crippen LogP contribution in [0.5, 0.6) is 0 Å². The molecule has 1 saturated heterocycles. The van der Waals surface area contributed by atoms with Crippen LogP contribution in [0.1, 0.15) is 46.6 Å². The molecule has 0 bridgehead atoms. The van der Waals surface area contributed by atoms with Crippen LogP contribution in [0.15, 0.2) is 57.8 Å². The lowest BCUT2D eigenvalue weighted by atomic mass is 10.1. The van der Waals surface area contributed by atoms with Crippen LogP contribution in [0.25, 0.3) is 11.5 Å². The van der Waals surface area contributed by atoms with Crippen LogP contribution in [0.2, 0.25) is 0 Å². The highest BCUT2D eigenvalue weighted by Crippen LogP contribution is 2.25. The average molecular weight is 455 g/mol. The molecule has 0 saturated carbocycles. The molecule has 2 aromatic carbocycles. The molecule has 32 heavy (non-hydrogen) atoms. The minimum absolute atomic E-state index is 0.156. The van der Waals surface area contributed by atoms with Gasteiger partial charge in [0.1, 0.15) is 11.5 Å². The summed E-state index contributed by atoms with van der Waals surface area (Å²) in [7, 11) is -3.59. The maximum absolute atomic E-state index is 13.0. The second-order valence-corrected chi connectivity index (χ2v) is 10.1. The third-order valence-corrected chi connectivity index (χ3v) is 7.38. The van der Waals surface area contributed by atoms with Crippen molar-refractivity contribution in [3.8, 4) is 11.5 Å². The normalized spacial score (nSPS) is 15.0. The van der Waals surface area contributed by atoms with Crippen molar-refractivity contribution >= 4 is 15.8 Å². The topological polar surface area (TPSA) is 101 Å². The van der Waals surface area contributed by atoms with Crippen LogP contribution in [-0.2, 0) is 22.1 Å². The van der Waals surface area contributed by atoms with Gasteiger partial charge in [0.25, 0.3) is 0 Å². The van der Waals surface area contributed by atoms with Gasteiger partial charge in [0.15, 0.2) is 9.84 Å². The molecule has 4 rings (SSSR count). The number of carbonyl (C=O) groups is 1. The number of carboxylic acids is 1. The van der Waals surface area contributed by atoms with E-state index in [1.807, 2.05) is 12.1 Å². The van der Waals surface area contributed by atoms with E-state index < -0.39 is 15.8 Å². The SMILES string of the molecule is Cc1oc(-c2ccc(C(=O)O)cc2)nc1CS(=O)(=O)c1ccc(CN2CCCCC2)cc1. The molecule has 0 atom stereocenters. The molecular weight excluding hydrogens is 428 g/mol. The number of aryl methyl sites for hydroxylation is 1. The van der Waals surface area contributed by atoms with Crippen molar-refractivity contribution in [3.63, 3.8) is 0 Å². The first kappa shape index (κ1) is 22.2. The molecule has 3 aromatic rings. The lowest BCUT2D eigenvalue weighted by molar-refractivity contribution is 0.0697. The van der Waals surface area contributed by atoms with Crippen molar-refractivity contribution in [2.24, 2.45) is 0 Å². The number of aromatic carboxylic acids is 1. The number of likely N-dealkylation sites (tertiary alicyclic amines) is 1. The number of piperidine rings is 1. The average Bonchev–Trinajstić information content (AvgIpc) is 3.14. The number of carboxylic acid groups (broad SMARTS) is 1. The van der Waals surface area contributed by atoms with Gasteiger partial charge in [-0.1, -0.05) is 18.6 Å². The van der Waals surface area contributed by atoms with Gasteiger partial charge >= 0.3 is 5.97 Å². The standard InChI is InChI=1S/C24H26N2O5S/c1-17-22(25-23(31-17)19-7-9-20(10-8-19)24(27)28)16-32(29,30)21-11-5-18(6-12-21)15-26-13-3-2-4-14-26/h5-12H,2-4,13-16H2,1H3,(H,27,28). The fraction of sp³-hybridized carbons (Fsp3) is 0.333. The van der Waals surface area contributed by atoms with Gasteiger partial charge in [-0.25, -0.2) is 18.2 Å². The van der Waals surface area contributed by atoms with Crippen LogP contribution in [0.3, 0.4) is 0 Å². The van der Waals surface area contributed by atoms with Crippen LogP contribution in [0, 0.1) is 6.92 Å². The molecule has 2 heterocycles. The van der Waals surface area contributed by atoms with Gasteiger partial charge in [0.05, 0.1) is 16.2 Å². The molecule has 0 amide bonds. The molecule has 1 N–H and O–H groups in total. The zero-order valence-corrected chi connectivity index (χ0v) is 18.8. The Hall–Kier alpha value is -2.97. The summed E-state index contributed by atoms with van der Waals surface area (Å²) in [5.74, 6) is -0.593. The summed E-state index contributed by atoms with van der Waals surface area (Å²) >= 11 is 0. The van der Waals surface area contributed by atoms with Crippen molar-refractivity contribution in [2.75, 3.05) is 13.1 Å². The van der Waals surface area contributed by atoms with Gasteiger partial charge in [-0.15, -0.1) is 0 Å². The summed E-state index contributed by atoms with van der Waals surface area (Å²) in [6, 6.07) is 13.2. The molecule has 7 nitrogen and oxygen atoms in total. The number of benzene rings is 2. The van der Waals surface area contributed by atoms with Crippen LogP contribution in [0.4, 0.5) is 0 Å². The number of hydrogen-bond donors (Lipinski definition) is 1. The Morgan fingerprint density at radius 2 is 1.69 bits per heavy atom. The molecule has 0 unspecified atom stereocenters. The zero-order valence-electron chi connectivity index (χ0n) is 18.0. The van der Waals surface area contributed by atoms with Crippen LogP contribution < -0.4 is 0 Å². The van der Waals surface area contributed by atoms with E-state index in [0.29, 0.717) is 17.0 Å². The quantitative estimate of drug-likeness (QED) is 0.568. The molecule has 168 valence electrons. The lowest BCUT2D eigenvalue weighted by Crippen LogP contribution is -2.29. The van der Waals surface area contributed by atoms with E-state index >= 15 is 0 Å². The van der Waals surface area contributed by atoms with Crippen molar-refractivity contribution in [1.29, 1.82) is 0 Å². The number of oxazole rings is 1. The minimum atomic E-state index is -3.59. The molecule has 0 radical (unpaired) electrons. The molecule has 1 aliphatic rings. The number of nitrogens with zero attached hydrogens (tertiary/aromatic N) is 2. The monoisotopic (exact) mass is 454 g/mol. The molecule has 1 aromatic heterocycles. The summed E-state index contributed by atoms with van der Waals surface area (Å²) in [5, 5.41) is 9.02. The Kier molecular flexibility index (Phi) is 6.43. The fourth-order valence-electron chi connectivity index (χ4n) is 3.88. The third-order valence-electron chi connectivity index (χ3n) is 5.74. The molecule has 8 heteroatoms. The van der Waals surface area contributed by atoms with Gasteiger partial charge < -0.3 is 9.52 Å². The molecule has 0 aliphatic carbocycles. The number of hydrogen-bond acceptors (Lipinski definition) is 6. The maximum atomic E-state index is 13.0. The molecule has 1 aliphatic heterocycles. The van der Waals surface area contributed by atoms with Gasteiger partial charge in [0, 0.05) is 12.1 Å². The van der Waals surface area contributed by atoms with Crippen LogP contribution >= 0.6 is 0 Å². The highest BCUT2D eigenvalue weighted by Gasteiger charge is 2.21. The fourth-order valence-corrected chi connectivity index (χ4v) is 5.23. The number of rotatable bonds is 7. The van der Waals surface area contributed by atoms with E-state index in [1.54, 1.807) is 31.2 Å². The van der Waals surface area contributed by atoms with Gasteiger partial charge in [-0.2, -0.15) is 0 Å². The summed E-state index contributed by atoms with van der Waals surface area (Å²) in [5.41, 5.74) is 2.20. The lowest BCUT2D eigenvalue weighted by Gasteiger charge is -2.26. The number of aromatic nitrogens is 1. The van der Waals surface area contributed by atoms with E-state index in [0.717, 1.165) is 25.2 Å². The Bertz CT molecular complexity index is 1190. The summed E-state index contributed by atoms with van der Waals surface area (Å²) in [4.78, 5) is 18.0. The Labute approximate surface area is 187 Å². The predicted octanol–water partition coefficient (Wildman–Crippen LogP) is 4.31. The van der Waals surface area contributed by atoms with E-state index in [-0.39, 0.29) is 22.1 Å². The van der Waals surface area contributed by atoms with Crippen molar-refractivity contribution in [3.05, 3.63) is 71.1 Å². The first-order chi connectivity index (χ1) is 15.3. The van der Waals surface area contributed by atoms with Crippen molar-refractivity contribution < 1.29 is 22.7 Å². The van der Waals surface area contributed by atoms with Gasteiger partial charge in [0.2, 0.25) is 5.89 Å². The molecule has 0 spiro atoms. The Balaban J connectivity index is 1.47. The first-order valence-electron chi connectivity index (χ1n) is 10.7. The molecular formula is C24H26N2O5S. The second kappa shape index (κ2) is 9.26. The minimum Gasteiger partial charge on any atom is -0.478 e. The highest BCUT2D eigenvalue weighted by atomic mass is 32.2. The summed E-state index contributed by atoms with van der Waals surface area (Å²) in [6.45, 7) is 4.70. The smallest absolute Gasteiger partial charge is 0.335 e.